The molecule has 27 heavy (non-hydrogen) atoms. The summed E-state index contributed by atoms with van der Waals surface area (Å²) in [4.78, 5) is 16.1. The van der Waals surface area contributed by atoms with Gasteiger partial charge >= 0.3 is 0 Å². The van der Waals surface area contributed by atoms with E-state index in [1.54, 1.807) is 24.4 Å². The van der Waals surface area contributed by atoms with Gasteiger partial charge in [-0.15, -0.1) is 10.2 Å². The molecule has 3 rings (SSSR count). The Labute approximate surface area is 156 Å². The summed E-state index contributed by atoms with van der Waals surface area (Å²) in [5, 5.41) is 17.0. The van der Waals surface area contributed by atoms with Gasteiger partial charge in [0, 0.05) is 24.8 Å². The molecule has 1 amide bonds. The molecule has 0 aliphatic carbocycles. The lowest BCUT2D eigenvalue weighted by atomic mass is 10.2. The van der Waals surface area contributed by atoms with Crippen LogP contribution in [0, 0.1) is 12.7 Å². The predicted octanol–water partition coefficient (Wildman–Crippen LogP) is 2.90. The van der Waals surface area contributed by atoms with Crippen LogP contribution in [0.25, 0.3) is 0 Å². The van der Waals surface area contributed by atoms with E-state index in [1.807, 2.05) is 19.1 Å². The fraction of sp³-hybridized carbons (Fsp3) is 0.158. The highest BCUT2D eigenvalue weighted by Gasteiger charge is 2.05. The number of benzene rings is 1. The largest absolute Gasteiger partial charge is 0.367 e. The molecule has 0 saturated carbocycles. The Morgan fingerprint density at radius 3 is 2.56 bits per heavy atom. The van der Waals surface area contributed by atoms with Crippen LogP contribution in [0.5, 0.6) is 0 Å². The van der Waals surface area contributed by atoms with Crippen LogP contribution in [0.15, 0.2) is 54.7 Å². The average Bonchev–Trinajstić information content (AvgIpc) is 2.66. The van der Waals surface area contributed by atoms with E-state index in [2.05, 4.69) is 31.1 Å². The SMILES string of the molecule is Cc1ccnc(Nc2ccc(NCCNC(=O)c3cccc(F)c3)nn2)c1. The predicted molar refractivity (Wildman–Crippen MR) is 102 cm³/mol. The van der Waals surface area contributed by atoms with Crippen LogP contribution in [0.1, 0.15) is 15.9 Å². The van der Waals surface area contributed by atoms with Crippen LogP contribution in [0.3, 0.4) is 0 Å². The van der Waals surface area contributed by atoms with Gasteiger partial charge in [-0.2, -0.15) is 0 Å². The fourth-order valence-corrected chi connectivity index (χ4v) is 2.33. The van der Waals surface area contributed by atoms with Crippen molar-refractivity contribution >= 4 is 23.4 Å². The quantitative estimate of drug-likeness (QED) is 0.557. The second-order valence-corrected chi connectivity index (χ2v) is 5.84. The zero-order valence-corrected chi connectivity index (χ0v) is 14.7. The number of halogens is 1. The zero-order valence-electron chi connectivity index (χ0n) is 14.7. The number of anilines is 3. The van der Waals surface area contributed by atoms with Crippen molar-refractivity contribution in [2.45, 2.75) is 6.92 Å². The minimum Gasteiger partial charge on any atom is -0.367 e. The van der Waals surface area contributed by atoms with Crippen molar-refractivity contribution < 1.29 is 9.18 Å². The van der Waals surface area contributed by atoms with Crippen molar-refractivity contribution in [3.05, 3.63) is 71.7 Å². The summed E-state index contributed by atoms with van der Waals surface area (Å²) in [6.45, 7) is 2.81. The average molecular weight is 366 g/mol. The maximum Gasteiger partial charge on any atom is 0.251 e. The molecular weight excluding hydrogens is 347 g/mol. The molecule has 7 nitrogen and oxygen atoms in total. The number of carbonyl (C=O) groups is 1. The van der Waals surface area contributed by atoms with E-state index in [-0.39, 0.29) is 11.5 Å². The number of hydrogen-bond acceptors (Lipinski definition) is 6. The molecule has 3 aromatic rings. The first kappa shape index (κ1) is 18.2. The van der Waals surface area contributed by atoms with E-state index in [4.69, 9.17) is 0 Å². The summed E-state index contributed by atoms with van der Waals surface area (Å²) >= 11 is 0. The summed E-state index contributed by atoms with van der Waals surface area (Å²) in [7, 11) is 0. The first-order valence-electron chi connectivity index (χ1n) is 8.41. The lowest BCUT2D eigenvalue weighted by molar-refractivity contribution is 0.0954. The van der Waals surface area contributed by atoms with Crippen LogP contribution in [0.2, 0.25) is 0 Å². The first-order chi connectivity index (χ1) is 13.1. The third-order valence-corrected chi connectivity index (χ3v) is 3.64. The van der Waals surface area contributed by atoms with E-state index < -0.39 is 5.82 Å². The van der Waals surface area contributed by atoms with E-state index in [9.17, 15) is 9.18 Å². The number of rotatable bonds is 7. The Hall–Kier alpha value is -3.55. The van der Waals surface area contributed by atoms with Gasteiger partial charge in [-0.05, 0) is 55.0 Å². The molecule has 2 aromatic heterocycles. The monoisotopic (exact) mass is 366 g/mol. The standard InChI is InChI=1S/C19H19FN6O/c1-13-7-8-21-18(11-13)24-17-6-5-16(25-26-17)22-9-10-23-19(27)14-3-2-4-15(20)12-14/h2-8,11-12H,9-10H2,1H3,(H,22,25)(H,23,27)(H,21,24,26). The number of pyridine rings is 1. The lowest BCUT2D eigenvalue weighted by Crippen LogP contribution is -2.29. The minimum absolute atomic E-state index is 0.287. The molecule has 0 bridgehead atoms. The summed E-state index contributed by atoms with van der Waals surface area (Å²) in [5.41, 5.74) is 1.38. The van der Waals surface area contributed by atoms with Gasteiger partial charge in [0.25, 0.3) is 5.91 Å². The Balaban J connectivity index is 1.44. The summed E-state index contributed by atoms with van der Waals surface area (Å²) < 4.78 is 13.1. The van der Waals surface area contributed by atoms with E-state index in [0.717, 1.165) is 5.56 Å². The van der Waals surface area contributed by atoms with Gasteiger partial charge in [0.2, 0.25) is 0 Å². The Morgan fingerprint density at radius 2 is 1.81 bits per heavy atom. The van der Waals surface area contributed by atoms with E-state index in [1.165, 1.54) is 18.2 Å². The van der Waals surface area contributed by atoms with Crippen molar-refractivity contribution in [3.63, 3.8) is 0 Å². The number of aromatic nitrogens is 3. The maximum atomic E-state index is 13.1. The summed E-state index contributed by atoms with van der Waals surface area (Å²) in [6, 6.07) is 12.9. The molecule has 3 N–H and O–H groups in total. The minimum atomic E-state index is -0.439. The topological polar surface area (TPSA) is 91.8 Å². The molecule has 8 heteroatoms. The van der Waals surface area contributed by atoms with Gasteiger partial charge in [-0.25, -0.2) is 9.37 Å². The van der Waals surface area contributed by atoms with Crippen LogP contribution >= 0.6 is 0 Å². The molecule has 0 radical (unpaired) electrons. The van der Waals surface area contributed by atoms with E-state index in [0.29, 0.717) is 30.5 Å². The molecular formula is C19H19FN6O. The number of nitrogens with zero attached hydrogens (tertiary/aromatic N) is 3. The highest BCUT2D eigenvalue weighted by atomic mass is 19.1. The molecule has 0 fully saturated rings. The Bertz CT molecular complexity index is 916. The van der Waals surface area contributed by atoms with Crippen molar-refractivity contribution in [3.8, 4) is 0 Å². The molecule has 138 valence electrons. The number of carbonyl (C=O) groups excluding carboxylic acids is 1. The third kappa shape index (κ3) is 5.46. The molecule has 0 atom stereocenters. The van der Waals surface area contributed by atoms with Crippen LogP contribution in [0.4, 0.5) is 21.8 Å². The second kappa shape index (κ2) is 8.70. The molecule has 2 heterocycles. The Morgan fingerprint density at radius 1 is 1.00 bits per heavy atom. The molecule has 0 aliphatic rings. The van der Waals surface area contributed by atoms with Gasteiger partial charge in [0.05, 0.1) is 0 Å². The Kier molecular flexibility index (Phi) is 5.88. The summed E-state index contributed by atoms with van der Waals surface area (Å²) in [5.74, 6) is 1.10. The number of aryl methyl sites for hydroxylation is 1. The normalized spacial score (nSPS) is 10.3. The second-order valence-electron chi connectivity index (χ2n) is 5.84. The highest BCUT2D eigenvalue weighted by molar-refractivity contribution is 5.94. The number of hydrogen-bond donors (Lipinski definition) is 3. The molecule has 0 saturated heterocycles. The van der Waals surface area contributed by atoms with Gasteiger partial charge < -0.3 is 16.0 Å². The molecule has 0 unspecified atom stereocenters. The van der Waals surface area contributed by atoms with Gasteiger partial charge in [-0.1, -0.05) is 6.07 Å². The third-order valence-electron chi connectivity index (χ3n) is 3.64. The van der Waals surface area contributed by atoms with Crippen molar-refractivity contribution in [2.24, 2.45) is 0 Å². The van der Waals surface area contributed by atoms with Crippen molar-refractivity contribution in [1.29, 1.82) is 0 Å². The summed E-state index contributed by atoms with van der Waals surface area (Å²) in [6.07, 6.45) is 1.72. The fourth-order valence-electron chi connectivity index (χ4n) is 2.33. The van der Waals surface area contributed by atoms with Gasteiger partial charge in [0.1, 0.15) is 17.5 Å². The van der Waals surface area contributed by atoms with E-state index >= 15 is 0 Å². The number of nitrogens with one attached hydrogen (secondary N) is 3. The lowest BCUT2D eigenvalue weighted by Gasteiger charge is -2.08. The highest BCUT2D eigenvalue weighted by Crippen LogP contribution is 2.13. The van der Waals surface area contributed by atoms with Crippen LogP contribution in [-0.2, 0) is 0 Å². The molecule has 1 aromatic carbocycles. The molecule has 0 spiro atoms. The number of amides is 1. The van der Waals surface area contributed by atoms with Crippen molar-refractivity contribution in [1.82, 2.24) is 20.5 Å². The van der Waals surface area contributed by atoms with Crippen LogP contribution in [-0.4, -0.2) is 34.2 Å². The van der Waals surface area contributed by atoms with Crippen LogP contribution < -0.4 is 16.0 Å². The van der Waals surface area contributed by atoms with Crippen molar-refractivity contribution in [2.75, 3.05) is 23.7 Å². The maximum absolute atomic E-state index is 13.1. The zero-order chi connectivity index (χ0) is 19.1. The smallest absolute Gasteiger partial charge is 0.251 e. The first-order valence-corrected chi connectivity index (χ1v) is 8.41. The van der Waals surface area contributed by atoms with Gasteiger partial charge in [0.15, 0.2) is 5.82 Å². The molecule has 0 aliphatic heterocycles. The van der Waals surface area contributed by atoms with Gasteiger partial charge in [-0.3, -0.25) is 4.79 Å².